The SMILES string of the molecule is CCN1CCCC1CN(C)C(=NC)NCC1(C)CCCC1. The molecule has 2 aliphatic rings. The van der Waals surface area contributed by atoms with E-state index >= 15 is 0 Å². The lowest BCUT2D eigenvalue weighted by atomic mass is 9.89. The summed E-state index contributed by atoms with van der Waals surface area (Å²) in [5.41, 5.74) is 0.472. The highest BCUT2D eigenvalue weighted by molar-refractivity contribution is 5.79. The van der Waals surface area contributed by atoms with Crippen LogP contribution in [0.4, 0.5) is 0 Å². The average Bonchev–Trinajstić information content (AvgIpc) is 3.09. The lowest BCUT2D eigenvalue weighted by molar-refractivity contribution is 0.231. The summed E-state index contributed by atoms with van der Waals surface area (Å²) in [7, 11) is 4.08. The minimum Gasteiger partial charge on any atom is -0.356 e. The third-order valence-corrected chi connectivity index (χ3v) is 5.45. The molecule has 0 amide bonds. The van der Waals surface area contributed by atoms with E-state index in [0.717, 1.165) is 19.0 Å². The van der Waals surface area contributed by atoms with Crippen LogP contribution in [0.2, 0.25) is 0 Å². The minimum absolute atomic E-state index is 0.472. The van der Waals surface area contributed by atoms with Crippen molar-refractivity contribution in [3.8, 4) is 0 Å². The van der Waals surface area contributed by atoms with Gasteiger partial charge in [0.1, 0.15) is 0 Å². The Morgan fingerprint density at radius 2 is 2.05 bits per heavy atom. The van der Waals surface area contributed by atoms with Crippen molar-refractivity contribution in [1.82, 2.24) is 15.1 Å². The molecule has 2 fully saturated rings. The number of likely N-dealkylation sites (N-methyl/N-ethyl adjacent to an activating group) is 2. The van der Waals surface area contributed by atoms with Crippen molar-refractivity contribution < 1.29 is 0 Å². The Balaban J connectivity index is 1.82. The summed E-state index contributed by atoms with van der Waals surface area (Å²) >= 11 is 0. The molecule has 1 heterocycles. The van der Waals surface area contributed by atoms with E-state index in [1.807, 2.05) is 7.05 Å². The second-order valence-corrected chi connectivity index (χ2v) is 7.22. The quantitative estimate of drug-likeness (QED) is 0.624. The van der Waals surface area contributed by atoms with Crippen molar-refractivity contribution in [3.63, 3.8) is 0 Å². The fourth-order valence-electron chi connectivity index (χ4n) is 4.00. The third-order valence-electron chi connectivity index (χ3n) is 5.45. The number of aliphatic imine (C=N–C) groups is 1. The second-order valence-electron chi connectivity index (χ2n) is 7.22. The zero-order valence-electron chi connectivity index (χ0n) is 14.5. The molecule has 4 nitrogen and oxygen atoms in total. The van der Waals surface area contributed by atoms with E-state index in [0.29, 0.717) is 11.5 Å². The minimum atomic E-state index is 0.472. The van der Waals surface area contributed by atoms with Gasteiger partial charge in [-0.2, -0.15) is 0 Å². The van der Waals surface area contributed by atoms with Gasteiger partial charge in [-0.3, -0.25) is 9.89 Å². The standard InChI is InChI=1S/C17H34N4/c1-5-21-12-8-9-15(21)13-20(4)16(18-3)19-14-17(2)10-6-7-11-17/h15H,5-14H2,1-4H3,(H,18,19). The van der Waals surface area contributed by atoms with Crippen LogP contribution in [0.25, 0.3) is 0 Å². The van der Waals surface area contributed by atoms with Crippen LogP contribution in [0.1, 0.15) is 52.4 Å². The van der Waals surface area contributed by atoms with Crippen LogP contribution in [0, 0.1) is 5.41 Å². The predicted octanol–water partition coefficient (Wildman–Crippen LogP) is 2.56. The topological polar surface area (TPSA) is 30.9 Å². The van der Waals surface area contributed by atoms with Gasteiger partial charge >= 0.3 is 0 Å². The summed E-state index contributed by atoms with van der Waals surface area (Å²) in [6.07, 6.45) is 8.16. The number of likely N-dealkylation sites (tertiary alicyclic amines) is 1. The number of nitrogens with zero attached hydrogens (tertiary/aromatic N) is 3. The van der Waals surface area contributed by atoms with Gasteiger partial charge in [-0.1, -0.05) is 26.7 Å². The van der Waals surface area contributed by atoms with Crippen LogP contribution >= 0.6 is 0 Å². The molecule has 122 valence electrons. The third kappa shape index (κ3) is 4.35. The molecular weight excluding hydrogens is 260 g/mol. The molecular formula is C17H34N4. The van der Waals surface area contributed by atoms with E-state index in [-0.39, 0.29) is 0 Å². The average molecular weight is 294 g/mol. The summed E-state index contributed by atoms with van der Waals surface area (Å²) in [6, 6.07) is 0.695. The summed E-state index contributed by atoms with van der Waals surface area (Å²) in [6.45, 7) is 9.26. The Labute approximate surface area is 131 Å². The van der Waals surface area contributed by atoms with E-state index in [9.17, 15) is 0 Å². The van der Waals surface area contributed by atoms with Gasteiger partial charge in [0.25, 0.3) is 0 Å². The van der Waals surface area contributed by atoms with Crippen molar-refractivity contribution in [1.29, 1.82) is 0 Å². The Bertz CT molecular complexity index is 347. The van der Waals surface area contributed by atoms with Crippen LogP contribution in [-0.4, -0.2) is 62.1 Å². The lowest BCUT2D eigenvalue weighted by Crippen LogP contribution is -2.47. The maximum atomic E-state index is 4.49. The molecule has 0 aromatic heterocycles. The first kappa shape index (κ1) is 16.6. The molecule has 1 atom stereocenters. The van der Waals surface area contributed by atoms with Crippen molar-refractivity contribution >= 4 is 5.96 Å². The van der Waals surface area contributed by atoms with Crippen LogP contribution in [0.5, 0.6) is 0 Å². The predicted molar refractivity (Wildman–Crippen MR) is 90.8 cm³/mol. The second kappa shape index (κ2) is 7.48. The Morgan fingerprint density at radius 3 is 2.67 bits per heavy atom. The molecule has 4 heteroatoms. The summed E-state index contributed by atoms with van der Waals surface area (Å²) in [4.78, 5) is 9.40. The molecule has 1 aliphatic carbocycles. The molecule has 1 unspecified atom stereocenters. The van der Waals surface area contributed by atoms with Gasteiger partial charge in [-0.25, -0.2) is 0 Å². The van der Waals surface area contributed by atoms with Crippen LogP contribution in [0.3, 0.4) is 0 Å². The van der Waals surface area contributed by atoms with Gasteiger partial charge in [0, 0.05) is 33.2 Å². The highest BCUT2D eigenvalue weighted by Gasteiger charge is 2.29. The van der Waals surface area contributed by atoms with Gasteiger partial charge in [0.15, 0.2) is 5.96 Å². The number of rotatable bonds is 5. The van der Waals surface area contributed by atoms with E-state index in [4.69, 9.17) is 0 Å². The first-order chi connectivity index (χ1) is 10.1. The van der Waals surface area contributed by atoms with Gasteiger partial charge in [-0.05, 0) is 44.2 Å². The van der Waals surface area contributed by atoms with Gasteiger partial charge in [0.2, 0.25) is 0 Å². The molecule has 21 heavy (non-hydrogen) atoms. The molecule has 2 rings (SSSR count). The fraction of sp³-hybridized carbons (Fsp3) is 0.941. The van der Waals surface area contributed by atoms with E-state index in [1.165, 1.54) is 51.6 Å². The zero-order valence-corrected chi connectivity index (χ0v) is 14.5. The van der Waals surface area contributed by atoms with Gasteiger partial charge < -0.3 is 10.2 Å². The fourth-order valence-corrected chi connectivity index (χ4v) is 4.00. The molecule has 1 saturated carbocycles. The Hall–Kier alpha value is -0.770. The van der Waals surface area contributed by atoms with Crippen molar-refractivity contribution in [2.75, 3.05) is 40.3 Å². The van der Waals surface area contributed by atoms with Crippen molar-refractivity contribution in [3.05, 3.63) is 0 Å². The van der Waals surface area contributed by atoms with E-state index in [2.05, 4.69) is 41.0 Å². The first-order valence-electron chi connectivity index (χ1n) is 8.74. The maximum absolute atomic E-state index is 4.49. The number of hydrogen-bond acceptors (Lipinski definition) is 2. The Morgan fingerprint density at radius 1 is 1.33 bits per heavy atom. The van der Waals surface area contributed by atoms with Crippen LogP contribution in [0.15, 0.2) is 4.99 Å². The normalized spacial score (nSPS) is 26.3. The number of nitrogens with one attached hydrogen (secondary N) is 1. The monoisotopic (exact) mass is 294 g/mol. The van der Waals surface area contributed by atoms with Crippen LogP contribution in [-0.2, 0) is 0 Å². The van der Waals surface area contributed by atoms with Crippen molar-refractivity contribution in [2.24, 2.45) is 10.4 Å². The summed E-state index contributed by atoms with van der Waals surface area (Å²) in [5.74, 6) is 1.06. The largest absolute Gasteiger partial charge is 0.356 e. The molecule has 1 N–H and O–H groups in total. The van der Waals surface area contributed by atoms with Gasteiger partial charge in [0.05, 0.1) is 0 Å². The first-order valence-corrected chi connectivity index (χ1v) is 8.74. The van der Waals surface area contributed by atoms with Gasteiger partial charge in [-0.15, -0.1) is 0 Å². The van der Waals surface area contributed by atoms with Crippen LogP contribution < -0.4 is 5.32 Å². The highest BCUT2D eigenvalue weighted by atomic mass is 15.3. The molecule has 0 aromatic carbocycles. The summed E-state index contributed by atoms with van der Waals surface area (Å²) < 4.78 is 0. The Kier molecular flexibility index (Phi) is 5.91. The lowest BCUT2D eigenvalue weighted by Gasteiger charge is -2.32. The molecule has 1 aliphatic heterocycles. The highest BCUT2D eigenvalue weighted by Crippen LogP contribution is 2.36. The number of hydrogen-bond donors (Lipinski definition) is 1. The molecule has 0 bridgehead atoms. The molecule has 1 saturated heterocycles. The van der Waals surface area contributed by atoms with Crippen molar-refractivity contribution in [2.45, 2.75) is 58.4 Å². The smallest absolute Gasteiger partial charge is 0.193 e. The van der Waals surface area contributed by atoms with E-state index < -0.39 is 0 Å². The summed E-state index contributed by atoms with van der Waals surface area (Å²) in [5, 5.41) is 3.62. The zero-order chi connectivity index (χ0) is 15.3. The van der Waals surface area contributed by atoms with E-state index in [1.54, 1.807) is 0 Å². The maximum Gasteiger partial charge on any atom is 0.193 e. The molecule has 0 spiro atoms. The molecule has 0 aromatic rings. The number of guanidine groups is 1. The molecule has 0 radical (unpaired) electrons.